The van der Waals surface area contributed by atoms with Crippen molar-refractivity contribution in [1.29, 1.82) is 0 Å². The SMILES string of the molecule is C=C/C=C(\C=C)c1cc(Nc2cc(N3CCC(C)C3)cc(Cl)c2OC)c(C)cc1F. The predicted molar refractivity (Wildman–Crippen MR) is 127 cm³/mol. The van der Waals surface area contributed by atoms with Gasteiger partial charge in [-0.1, -0.05) is 49.9 Å². The summed E-state index contributed by atoms with van der Waals surface area (Å²) in [6, 6.07) is 7.27. The van der Waals surface area contributed by atoms with Crippen LogP contribution < -0.4 is 15.0 Å². The van der Waals surface area contributed by atoms with Crippen molar-refractivity contribution in [3.8, 4) is 5.75 Å². The van der Waals surface area contributed by atoms with Crippen LogP contribution in [0, 0.1) is 18.7 Å². The normalized spacial score (nSPS) is 16.5. The van der Waals surface area contributed by atoms with Crippen molar-refractivity contribution in [3.63, 3.8) is 0 Å². The van der Waals surface area contributed by atoms with Crippen LogP contribution in [0.25, 0.3) is 5.57 Å². The third-order valence-corrected chi connectivity index (χ3v) is 5.71. The summed E-state index contributed by atoms with van der Waals surface area (Å²) in [4.78, 5) is 2.33. The molecule has 158 valence electrons. The number of nitrogens with one attached hydrogen (secondary N) is 1. The zero-order valence-electron chi connectivity index (χ0n) is 17.8. The number of ether oxygens (including phenoxy) is 1. The number of rotatable bonds is 7. The second-order valence-corrected chi connectivity index (χ2v) is 8.09. The zero-order valence-corrected chi connectivity index (χ0v) is 18.5. The van der Waals surface area contributed by atoms with E-state index in [1.807, 2.05) is 19.1 Å². The molecule has 1 unspecified atom stereocenters. The molecule has 0 spiro atoms. The Balaban J connectivity index is 2.05. The molecule has 2 aromatic carbocycles. The van der Waals surface area contributed by atoms with Gasteiger partial charge >= 0.3 is 0 Å². The molecule has 0 amide bonds. The summed E-state index contributed by atoms with van der Waals surface area (Å²) < 4.78 is 20.2. The number of halogens is 2. The van der Waals surface area contributed by atoms with E-state index in [1.165, 1.54) is 6.07 Å². The van der Waals surface area contributed by atoms with E-state index in [2.05, 4.69) is 30.3 Å². The van der Waals surface area contributed by atoms with Gasteiger partial charge in [0.2, 0.25) is 0 Å². The maximum atomic E-state index is 14.6. The van der Waals surface area contributed by atoms with Crippen LogP contribution in [0.4, 0.5) is 21.5 Å². The average molecular weight is 427 g/mol. The minimum Gasteiger partial charge on any atom is -0.493 e. The number of aryl methyl sites for hydroxylation is 1. The topological polar surface area (TPSA) is 24.5 Å². The van der Waals surface area contributed by atoms with E-state index < -0.39 is 0 Å². The van der Waals surface area contributed by atoms with Crippen molar-refractivity contribution in [3.05, 3.63) is 77.6 Å². The molecule has 3 nitrogen and oxygen atoms in total. The highest BCUT2D eigenvalue weighted by atomic mass is 35.5. The molecule has 1 N–H and O–H groups in total. The molecular formula is C25H28ClFN2O. The van der Waals surface area contributed by atoms with Gasteiger partial charge in [0.25, 0.3) is 0 Å². The highest BCUT2D eigenvalue weighted by Gasteiger charge is 2.22. The first kappa shape index (κ1) is 22.0. The van der Waals surface area contributed by atoms with Crippen molar-refractivity contribution >= 4 is 34.2 Å². The van der Waals surface area contributed by atoms with E-state index in [0.717, 1.165) is 42.1 Å². The fourth-order valence-corrected chi connectivity index (χ4v) is 4.09. The first-order valence-corrected chi connectivity index (χ1v) is 10.4. The lowest BCUT2D eigenvalue weighted by Gasteiger charge is -2.22. The van der Waals surface area contributed by atoms with Crippen LogP contribution in [0.2, 0.25) is 5.02 Å². The van der Waals surface area contributed by atoms with Crippen LogP contribution in [-0.4, -0.2) is 20.2 Å². The Labute approximate surface area is 183 Å². The first-order valence-electron chi connectivity index (χ1n) is 10.0. The molecule has 2 aromatic rings. The molecule has 0 radical (unpaired) electrons. The molecule has 3 rings (SSSR count). The van der Waals surface area contributed by atoms with Crippen molar-refractivity contribution in [2.24, 2.45) is 5.92 Å². The smallest absolute Gasteiger partial charge is 0.161 e. The molecule has 0 aromatic heterocycles. The van der Waals surface area contributed by atoms with E-state index in [4.69, 9.17) is 16.3 Å². The van der Waals surface area contributed by atoms with Crippen molar-refractivity contribution in [2.45, 2.75) is 20.3 Å². The Morgan fingerprint density at radius 2 is 2.03 bits per heavy atom. The quantitative estimate of drug-likeness (QED) is 0.476. The lowest BCUT2D eigenvalue weighted by molar-refractivity contribution is 0.417. The molecule has 1 aliphatic rings. The summed E-state index contributed by atoms with van der Waals surface area (Å²) in [6.45, 7) is 13.6. The fraction of sp³-hybridized carbons (Fsp3) is 0.280. The molecule has 0 saturated carbocycles. The van der Waals surface area contributed by atoms with Crippen LogP contribution in [0.5, 0.6) is 5.75 Å². The molecular weight excluding hydrogens is 399 g/mol. The second kappa shape index (κ2) is 9.40. The van der Waals surface area contributed by atoms with Gasteiger partial charge < -0.3 is 15.0 Å². The van der Waals surface area contributed by atoms with Gasteiger partial charge in [-0.2, -0.15) is 0 Å². The molecule has 30 heavy (non-hydrogen) atoms. The fourth-order valence-electron chi connectivity index (χ4n) is 3.80. The monoisotopic (exact) mass is 426 g/mol. The van der Waals surface area contributed by atoms with E-state index in [1.54, 1.807) is 31.4 Å². The minimum absolute atomic E-state index is 0.309. The number of anilines is 3. The van der Waals surface area contributed by atoms with Gasteiger partial charge in [-0.15, -0.1) is 0 Å². The Bertz CT molecular complexity index is 999. The van der Waals surface area contributed by atoms with Gasteiger partial charge in [0.15, 0.2) is 5.75 Å². The second-order valence-electron chi connectivity index (χ2n) is 7.68. The van der Waals surface area contributed by atoms with Crippen molar-refractivity contribution < 1.29 is 9.13 Å². The highest BCUT2D eigenvalue weighted by Crippen LogP contribution is 2.41. The number of hydrogen-bond acceptors (Lipinski definition) is 3. The summed E-state index contributed by atoms with van der Waals surface area (Å²) in [5, 5.41) is 3.94. The molecule has 1 aliphatic heterocycles. The molecule has 1 atom stereocenters. The van der Waals surface area contributed by atoms with E-state index in [9.17, 15) is 4.39 Å². The number of benzene rings is 2. The van der Waals surface area contributed by atoms with E-state index in [-0.39, 0.29) is 5.82 Å². The van der Waals surface area contributed by atoms with Crippen LogP contribution in [0.15, 0.2) is 55.7 Å². The van der Waals surface area contributed by atoms with Gasteiger partial charge in [-0.25, -0.2) is 4.39 Å². The van der Waals surface area contributed by atoms with Crippen molar-refractivity contribution in [1.82, 2.24) is 0 Å². The minimum atomic E-state index is -0.309. The molecule has 1 saturated heterocycles. The average Bonchev–Trinajstić information content (AvgIpc) is 3.14. The summed E-state index contributed by atoms with van der Waals surface area (Å²) in [7, 11) is 1.59. The molecule has 0 aliphatic carbocycles. The Kier molecular flexibility index (Phi) is 6.88. The third kappa shape index (κ3) is 4.54. The number of allylic oxidation sites excluding steroid dienone is 4. The van der Waals surface area contributed by atoms with Crippen LogP contribution >= 0.6 is 11.6 Å². The number of methoxy groups -OCH3 is 1. The summed E-state index contributed by atoms with van der Waals surface area (Å²) in [5.41, 5.74) is 4.45. The molecule has 0 bridgehead atoms. The lowest BCUT2D eigenvalue weighted by Crippen LogP contribution is -2.19. The molecule has 1 heterocycles. The zero-order chi connectivity index (χ0) is 21.8. The van der Waals surface area contributed by atoms with E-state index in [0.29, 0.717) is 27.8 Å². The third-order valence-electron chi connectivity index (χ3n) is 5.43. The Morgan fingerprint density at radius 3 is 2.63 bits per heavy atom. The van der Waals surface area contributed by atoms with Gasteiger partial charge in [0.1, 0.15) is 5.82 Å². The van der Waals surface area contributed by atoms with Gasteiger partial charge in [-0.05, 0) is 54.7 Å². The molecule has 1 fully saturated rings. The van der Waals surface area contributed by atoms with Gasteiger partial charge in [0, 0.05) is 30.0 Å². The summed E-state index contributed by atoms with van der Waals surface area (Å²) in [5.74, 6) is 0.900. The van der Waals surface area contributed by atoms with Gasteiger partial charge in [0.05, 0.1) is 17.8 Å². The maximum Gasteiger partial charge on any atom is 0.161 e. The van der Waals surface area contributed by atoms with Crippen molar-refractivity contribution in [2.75, 3.05) is 30.4 Å². The van der Waals surface area contributed by atoms with Gasteiger partial charge in [-0.3, -0.25) is 0 Å². The lowest BCUT2D eigenvalue weighted by atomic mass is 10.0. The predicted octanol–water partition coefficient (Wildman–Crippen LogP) is 7.14. The number of hydrogen-bond donors (Lipinski definition) is 1. The van der Waals surface area contributed by atoms with Crippen LogP contribution in [-0.2, 0) is 0 Å². The standard InChI is InChI=1S/C25H28ClFN2O/c1-6-8-18(7-2)20-14-23(17(4)11-22(20)27)28-24-13-19(12-21(26)25(24)30-5)29-10-9-16(3)15-29/h6-8,11-14,16,28H,1-2,9-10,15H2,3-5H3/b18-8+. The first-order chi connectivity index (χ1) is 14.4. The van der Waals surface area contributed by atoms with Crippen LogP contribution in [0.3, 0.4) is 0 Å². The van der Waals surface area contributed by atoms with Crippen LogP contribution in [0.1, 0.15) is 24.5 Å². The Morgan fingerprint density at radius 1 is 1.27 bits per heavy atom. The molecule has 5 heteroatoms. The summed E-state index contributed by atoms with van der Waals surface area (Å²) in [6.07, 6.45) is 6.13. The Hall–Kier alpha value is -2.72. The van der Waals surface area contributed by atoms with E-state index >= 15 is 0 Å². The maximum absolute atomic E-state index is 14.6. The highest BCUT2D eigenvalue weighted by molar-refractivity contribution is 6.33. The summed E-state index contributed by atoms with van der Waals surface area (Å²) >= 11 is 6.54. The largest absolute Gasteiger partial charge is 0.493 e. The number of nitrogens with zero attached hydrogens (tertiary/aromatic N) is 1.